The van der Waals surface area contributed by atoms with Crippen LogP contribution in [0.2, 0.25) is 10.0 Å². The van der Waals surface area contributed by atoms with Crippen LogP contribution in [0.15, 0.2) is 72.8 Å². The first-order valence-corrected chi connectivity index (χ1v) is 8.85. The molecule has 0 bridgehead atoms. The summed E-state index contributed by atoms with van der Waals surface area (Å²) >= 11 is 12.8. The highest BCUT2D eigenvalue weighted by molar-refractivity contribution is 6.39. The van der Waals surface area contributed by atoms with Gasteiger partial charge in [-0.15, -0.1) is 0 Å². The molecule has 3 aromatic rings. The first kappa shape index (κ1) is 18.3. The van der Waals surface area contributed by atoms with Crippen molar-refractivity contribution in [1.29, 1.82) is 0 Å². The van der Waals surface area contributed by atoms with Gasteiger partial charge >= 0.3 is 5.97 Å². The van der Waals surface area contributed by atoms with Crippen molar-refractivity contribution in [1.82, 2.24) is 0 Å². The molecule has 0 radical (unpaired) electrons. The Kier molecular flexibility index (Phi) is 5.82. The van der Waals surface area contributed by atoms with Crippen LogP contribution in [0, 0.1) is 0 Å². The Labute approximate surface area is 162 Å². The second-order valence-corrected chi connectivity index (χ2v) is 6.74. The molecule has 5 heteroatoms. The van der Waals surface area contributed by atoms with E-state index in [0.717, 1.165) is 11.1 Å². The molecular formula is C21H17Cl2NO2. The van der Waals surface area contributed by atoms with E-state index in [1.165, 1.54) is 12.1 Å². The Hall–Kier alpha value is -2.49. The zero-order chi connectivity index (χ0) is 18.5. The van der Waals surface area contributed by atoms with Gasteiger partial charge in [0.15, 0.2) is 0 Å². The minimum Gasteiger partial charge on any atom is -0.478 e. The maximum absolute atomic E-state index is 11.2. The van der Waals surface area contributed by atoms with Gasteiger partial charge in [0.05, 0.1) is 21.3 Å². The van der Waals surface area contributed by atoms with Crippen LogP contribution < -0.4 is 4.90 Å². The largest absolute Gasteiger partial charge is 0.478 e. The zero-order valence-electron chi connectivity index (χ0n) is 13.9. The van der Waals surface area contributed by atoms with E-state index in [0.29, 0.717) is 28.8 Å². The van der Waals surface area contributed by atoms with Gasteiger partial charge < -0.3 is 10.0 Å². The molecule has 3 nitrogen and oxygen atoms in total. The fourth-order valence-electron chi connectivity index (χ4n) is 2.81. The molecule has 26 heavy (non-hydrogen) atoms. The monoisotopic (exact) mass is 385 g/mol. The Morgan fingerprint density at radius 3 is 1.62 bits per heavy atom. The maximum Gasteiger partial charge on any atom is 0.335 e. The highest BCUT2D eigenvalue weighted by atomic mass is 35.5. The summed E-state index contributed by atoms with van der Waals surface area (Å²) in [5, 5.41) is 9.84. The Morgan fingerprint density at radius 1 is 0.808 bits per heavy atom. The molecule has 0 saturated heterocycles. The van der Waals surface area contributed by atoms with Crippen molar-refractivity contribution >= 4 is 34.9 Å². The van der Waals surface area contributed by atoms with E-state index < -0.39 is 5.97 Å². The molecule has 3 aromatic carbocycles. The molecular weight excluding hydrogens is 369 g/mol. The van der Waals surface area contributed by atoms with Crippen LogP contribution in [0.4, 0.5) is 5.69 Å². The van der Waals surface area contributed by atoms with Crippen molar-refractivity contribution in [2.24, 2.45) is 0 Å². The highest BCUT2D eigenvalue weighted by Crippen LogP contribution is 2.37. The zero-order valence-corrected chi connectivity index (χ0v) is 15.4. The van der Waals surface area contributed by atoms with Gasteiger partial charge in [-0.25, -0.2) is 4.79 Å². The summed E-state index contributed by atoms with van der Waals surface area (Å²) in [6.45, 7) is 1.20. The summed E-state index contributed by atoms with van der Waals surface area (Å²) < 4.78 is 0. The molecule has 3 rings (SSSR count). The molecule has 132 valence electrons. The van der Waals surface area contributed by atoms with E-state index in [9.17, 15) is 9.90 Å². The SMILES string of the molecule is O=C(O)c1cc(Cl)c(N(Cc2ccccc2)Cc2ccccc2)c(Cl)c1. The lowest BCUT2D eigenvalue weighted by atomic mass is 10.1. The number of rotatable bonds is 6. The normalized spacial score (nSPS) is 10.5. The number of hydrogen-bond acceptors (Lipinski definition) is 2. The predicted molar refractivity (Wildman–Crippen MR) is 106 cm³/mol. The van der Waals surface area contributed by atoms with E-state index in [4.69, 9.17) is 23.2 Å². The lowest BCUT2D eigenvalue weighted by Gasteiger charge is -2.27. The minimum absolute atomic E-state index is 0.0723. The average Bonchev–Trinajstić information content (AvgIpc) is 2.62. The average molecular weight is 386 g/mol. The molecule has 0 unspecified atom stereocenters. The summed E-state index contributed by atoms with van der Waals surface area (Å²) in [5.74, 6) is -1.06. The van der Waals surface area contributed by atoms with Gasteiger partial charge in [0.2, 0.25) is 0 Å². The van der Waals surface area contributed by atoms with Gasteiger partial charge in [0.1, 0.15) is 0 Å². The third-order valence-corrected chi connectivity index (χ3v) is 4.59. The van der Waals surface area contributed by atoms with Crippen molar-refractivity contribution in [3.05, 3.63) is 99.5 Å². The first-order valence-electron chi connectivity index (χ1n) is 8.09. The second kappa shape index (κ2) is 8.26. The third-order valence-electron chi connectivity index (χ3n) is 4.01. The Bertz CT molecular complexity index is 834. The van der Waals surface area contributed by atoms with Crippen LogP contribution in [0.25, 0.3) is 0 Å². The number of halogens is 2. The molecule has 1 N–H and O–H groups in total. The summed E-state index contributed by atoms with van der Waals surface area (Å²) in [5.41, 5.74) is 2.92. The number of carboxylic acid groups (broad SMARTS) is 1. The van der Waals surface area contributed by atoms with Gasteiger partial charge in [-0.3, -0.25) is 0 Å². The van der Waals surface area contributed by atoms with Gasteiger partial charge in [0, 0.05) is 13.1 Å². The number of aromatic carboxylic acids is 1. The van der Waals surface area contributed by atoms with Gasteiger partial charge in [-0.2, -0.15) is 0 Å². The summed E-state index contributed by atoms with van der Waals surface area (Å²) in [4.78, 5) is 13.3. The Morgan fingerprint density at radius 2 is 1.23 bits per heavy atom. The van der Waals surface area contributed by atoms with Crippen LogP contribution in [0.3, 0.4) is 0 Å². The van der Waals surface area contributed by atoms with Crippen molar-refractivity contribution in [2.45, 2.75) is 13.1 Å². The smallest absolute Gasteiger partial charge is 0.335 e. The summed E-state index contributed by atoms with van der Waals surface area (Å²) in [7, 11) is 0. The molecule has 0 aliphatic rings. The fraction of sp³-hybridized carbons (Fsp3) is 0.0952. The lowest BCUT2D eigenvalue weighted by Crippen LogP contribution is -2.23. The number of nitrogens with zero attached hydrogens (tertiary/aromatic N) is 1. The highest BCUT2D eigenvalue weighted by Gasteiger charge is 2.18. The quantitative estimate of drug-likeness (QED) is 0.574. The van der Waals surface area contributed by atoms with E-state index in [1.54, 1.807) is 0 Å². The van der Waals surface area contributed by atoms with E-state index in [1.807, 2.05) is 60.7 Å². The molecule has 0 fully saturated rings. The van der Waals surface area contributed by atoms with Crippen LogP contribution >= 0.6 is 23.2 Å². The van der Waals surface area contributed by atoms with Crippen molar-refractivity contribution in [2.75, 3.05) is 4.90 Å². The number of carbonyl (C=O) groups is 1. The standard InChI is InChI=1S/C21H17Cl2NO2/c22-18-11-17(21(25)26)12-19(23)20(18)24(13-15-7-3-1-4-8-15)14-16-9-5-2-6-10-16/h1-12H,13-14H2,(H,25,26). The van der Waals surface area contributed by atoms with Crippen molar-refractivity contribution < 1.29 is 9.90 Å². The van der Waals surface area contributed by atoms with E-state index in [2.05, 4.69) is 4.90 Å². The molecule has 0 atom stereocenters. The van der Waals surface area contributed by atoms with Gasteiger partial charge in [-0.1, -0.05) is 83.9 Å². The second-order valence-electron chi connectivity index (χ2n) is 5.92. The molecule has 0 saturated carbocycles. The van der Waals surface area contributed by atoms with E-state index >= 15 is 0 Å². The van der Waals surface area contributed by atoms with Crippen LogP contribution in [-0.2, 0) is 13.1 Å². The lowest BCUT2D eigenvalue weighted by molar-refractivity contribution is 0.0697. The number of carboxylic acids is 1. The maximum atomic E-state index is 11.2. The Balaban J connectivity index is 2.01. The molecule has 0 aromatic heterocycles. The van der Waals surface area contributed by atoms with Crippen LogP contribution in [0.1, 0.15) is 21.5 Å². The number of benzene rings is 3. The molecule has 0 heterocycles. The van der Waals surface area contributed by atoms with E-state index in [-0.39, 0.29) is 5.56 Å². The van der Waals surface area contributed by atoms with Gasteiger partial charge in [0.25, 0.3) is 0 Å². The van der Waals surface area contributed by atoms with Gasteiger partial charge in [-0.05, 0) is 23.3 Å². The minimum atomic E-state index is -1.06. The molecule has 0 aliphatic heterocycles. The fourth-order valence-corrected chi connectivity index (χ4v) is 3.54. The molecule has 0 aliphatic carbocycles. The topological polar surface area (TPSA) is 40.5 Å². The number of anilines is 1. The predicted octanol–water partition coefficient (Wildman–Crippen LogP) is 5.90. The molecule has 0 spiro atoms. The summed E-state index contributed by atoms with van der Waals surface area (Å²) in [6.07, 6.45) is 0. The van der Waals surface area contributed by atoms with Crippen LogP contribution in [-0.4, -0.2) is 11.1 Å². The number of hydrogen-bond donors (Lipinski definition) is 1. The molecule has 0 amide bonds. The van der Waals surface area contributed by atoms with Crippen LogP contribution in [0.5, 0.6) is 0 Å². The third kappa shape index (κ3) is 4.37. The van der Waals surface area contributed by atoms with Crippen molar-refractivity contribution in [3.63, 3.8) is 0 Å². The first-order chi connectivity index (χ1) is 12.5. The van der Waals surface area contributed by atoms with Crippen molar-refractivity contribution in [3.8, 4) is 0 Å². The summed E-state index contributed by atoms with van der Waals surface area (Å²) in [6, 6.07) is 22.9.